The quantitative estimate of drug-likeness (QED) is 0.867. The van der Waals surface area contributed by atoms with E-state index in [1.807, 2.05) is 16.7 Å². The zero-order chi connectivity index (χ0) is 16.2. The van der Waals surface area contributed by atoms with E-state index in [-0.39, 0.29) is 18.0 Å². The molecule has 0 aliphatic carbocycles. The monoisotopic (exact) mass is 319 g/mol. The van der Waals surface area contributed by atoms with Crippen molar-refractivity contribution in [2.24, 2.45) is 0 Å². The minimum absolute atomic E-state index is 0.110. The van der Waals surface area contributed by atoms with Gasteiger partial charge in [0, 0.05) is 44.1 Å². The molecule has 0 aromatic carbocycles. The van der Waals surface area contributed by atoms with Gasteiger partial charge in [0.1, 0.15) is 0 Å². The number of piperidine rings is 2. The fraction of sp³-hybridized carbons (Fsp3) is 0.688. The number of nitrogens with one attached hydrogen (secondary N) is 2. The van der Waals surface area contributed by atoms with Crippen LogP contribution in [-0.2, 0) is 0 Å². The van der Waals surface area contributed by atoms with Gasteiger partial charge in [0.25, 0.3) is 5.91 Å². The average molecular weight is 319 g/mol. The van der Waals surface area contributed by atoms with Crippen LogP contribution in [0.25, 0.3) is 0 Å². The summed E-state index contributed by atoms with van der Waals surface area (Å²) < 4.78 is 0. The van der Waals surface area contributed by atoms with Gasteiger partial charge in [-0.1, -0.05) is 0 Å². The van der Waals surface area contributed by atoms with E-state index in [2.05, 4.69) is 15.3 Å². The van der Waals surface area contributed by atoms with Crippen LogP contribution in [-0.4, -0.2) is 63.9 Å². The van der Waals surface area contributed by atoms with Crippen LogP contribution in [0.2, 0.25) is 0 Å². The third-order valence-corrected chi connectivity index (χ3v) is 4.65. The van der Waals surface area contributed by atoms with Crippen molar-refractivity contribution in [2.45, 2.75) is 45.1 Å². The zero-order valence-corrected chi connectivity index (χ0v) is 13.7. The van der Waals surface area contributed by atoms with E-state index in [0.717, 1.165) is 44.5 Å². The minimum Gasteiger partial charge on any atom is -0.347 e. The van der Waals surface area contributed by atoms with Crippen molar-refractivity contribution in [2.75, 3.05) is 26.2 Å². The van der Waals surface area contributed by atoms with Crippen molar-refractivity contribution < 1.29 is 9.59 Å². The molecule has 126 valence electrons. The van der Waals surface area contributed by atoms with E-state index in [1.54, 1.807) is 6.20 Å². The molecular formula is C16H25N5O2. The summed E-state index contributed by atoms with van der Waals surface area (Å²) in [6.07, 6.45) is 6.69. The van der Waals surface area contributed by atoms with Gasteiger partial charge in [-0.15, -0.1) is 0 Å². The van der Waals surface area contributed by atoms with Crippen molar-refractivity contribution in [1.82, 2.24) is 25.1 Å². The highest BCUT2D eigenvalue weighted by Crippen LogP contribution is 2.16. The van der Waals surface area contributed by atoms with Gasteiger partial charge in [-0.3, -0.25) is 4.79 Å². The first-order valence-electron chi connectivity index (χ1n) is 8.50. The van der Waals surface area contributed by atoms with Crippen LogP contribution in [0.1, 0.15) is 48.4 Å². The fourth-order valence-corrected chi connectivity index (χ4v) is 3.28. The van der Waals surface area contributed by atoms with E-state index in [4.69, 9.17) is 0 Å². The Morgan fingerprint density at radius 3 is 2.39 bits per heavy atom. The predicted molar refractivity (Wildman–Crippen MR) is 86.2 cm³/mol. The van der Waals surface area contributed by atoms with Gasteiger partial charge in [-0.2, -0.15) is 0 Å². The molecule has 2 fully saturated rings. The van der Waals surface area contributed by atoms with Crippen molar-refractivity contribution >= 4 is 11.9 Å². The summed E-state index contributed by atoms with van der Waals surface area (Å²) >= 11 is 0. The second-order valence-electron chi connectivity index (χ2n) is 6.48. The number of carbonyl (C=O) groups excluding carboxylic acids is 2. The summed E-state index contributed by atoms with van der Waals surface area (Å²) in [5.74, 6) is 0.188. The first-order valence-corrected chi connectivity index (χ1v) is 8.50. The van der Waals surface area contributed by atoms with E-state index >= 15 is 0 Å². The molecule has 7 heteroatoms. The molecule has 1 aromatic rings. The SMILES string of the molecule is Cc1cnc(C(=O)NC2CCN(C(=O)N3CCCCC3)CC2)[nH]1. The molecular weight excluding hydrogens is 294 g/mol. The number of H-pyrrole nitrogens is 1. The molecule has 0 unspecified atom stereocenters. The smallest absolute Gasteiger partial charge is 0.319 e. The summed E-state index contributed by atoms with van der Waals surface area (Å²) in [6, 6.07) is 0.273. The normalized spacial score (nSPS) is 19.7. The number of likely N-dealkylation sites (tertiary alicyclic amines) is 2. The summed E-state index contributed by atoms with van der Waals surface area (Å²) in [5.41, 5.74) is 0.872. The highest BCUT2D eigenvalue weighted by atomic mass is 16.2. The maximum absolute atomic E-state index is 12.5. The molecule has 0 atom stereocenters. The molecule has 2 saturated heterocycles. The molecule has 23 heavy (non-hydrogen) atoms. The van der Waals surface area contributed by atoms with Crippen molar-refractivity contribution in [3.05, 3.63) is 17.7 Å². The lowest BCUT2D eigenvalue weighted by Gasteiger charge is -2.37. The number of rotatable bonds is 2. The number of aryl methyl sites for hydroxylation is 1. The van der Waals surface area contributed by atoms with Crippen molar-refractivity contribution in [1.29, 1.82) is 0 Å². The fourth-order valence-electron chi connectivity index (χ4n) is 3.28. The summed E-state index contributed by atoms with van der Waals surface area (Å²) in [6.45, 7) is 5.05. The molecule has 1 aromatic heterocycles. The van der Waals surface area contributed by atoms with Crippen LogP contribution in [0, 0.1) is 6.92 Å². The molecule has 0 spiro atoms. The number of aromatic amines is 1. The largest absolute Gasteiger partial charge is 0.347 e. The van der Waals surface area contributed by atoms with E-state index in [9.17, 15) is 9.59 Å². The predicted octanol–water partition coefficient (Wildman–Crippen LogP) is 1.52. The number of amides is 3. The number of hydrogen-bond acceptors (Lipinski definition) is 3. The van der Waals surface area contributed by atoms with Gasteiger partial charge in [0.2, 0.25) is 0 Å². The summed E-state index contributed by atoms with van der Waals surface area (Å²) in [4.78, 5) is 35.4. The van der Waals surface area contributed by atoms with Gasteiger partial charge >= 0.3 is 6.03 Å². The van der Waals surface area contributed by atoms with Crippen LogP contribution in [0.5, 0.6) is 0 Å². The Kier molecular flexibility index (Phi) is 4.83. The van der Waals surface area contributed by atoms with Gasteiger partial charge in [0.05, 0.1) is 0 Å². The highest BCUT2D eigenvalue weighted by Gasteiger charge is 2.28. The lowest BCUT2D eigenvalue weighted by atomic mass is 10.0. The summed E-state index contributed by atoms with van der Waals surface area (Å²) in [7, 11) is 0. The first kappa shape index (κ1) is 15.8. The number of nitrogens with zero attached hydrogens (tertiary/aromatic N) is 3. The molecule has 2 aliphatic heterocycles. The Hall–Kier alpha value is -2.05. The number of imidazole rings is 1. The molecule has 2 aliphatic rings. The number of hydrogen-bond donors (Lipinski definition) is 2. The Labute approximate surface area is 136 Å². The second-order valence-corrected chi connectivity index (χ2v) is 6.48. The number of urea groups is 1. The Balaban J connectivity index is 1.46. The van der Waals surface area contributed by atoms with Gasteiger partial charge in [-0.05, 0) is 39.0 Å². The van der Waals surface area contributed by atoms with Crippen LogP contribution >= 0.6 is 0 Å². The maximum atomic E-state index is 12.5. The van der Waals surface area contributed by atoms with Gasteiger partial charge in [0.15, 0.2) is 5.82 Å². The maximum Gasteiger partial charge on any atom is 0.319 e. The van der Waals surface area contributed by atoms with Crippen molar-refractivity contribution in [3.8, 4) is 0 Å². The van der Waals surface area contributed by atoms with Gasteiger partial charge in [-0.25, -0.2) is 9.78 Å². The molecule has 3 rings (SSSR count). The molecule has 3 heterocycles. The second kappa shape index (κ2) is 7.02. The first-order chi connectivity index (χ1) is 11.1. The third-order valence-electron chi connectivity index (χ3n) is 4.65. The average Bonchev–Trinajstić information content (AvgIpc) is 3.02. The zero-order valence-electron chi connectivity index (χ0n) is 13.7. The molecule has 3 amide bonds. The van der Waals surface area contributed by atoms with Crippen molar-refractivity contribution in [3.63, 3.8) is 0 Å². The number of carbonyl (C=O) groups is 2. The van der Waals surface area contributed by atoms with E-state index in [1.165, 1.54) is 6.42 Å². The number of aromatic nitrogens is 2. The lowest BCUT2D eigenvalue weighted by Crippen LogP contribution is -2.51. The Morgan fingerprint density at radius 1 is 1.13 bits per heavy atom. The lowest BCUT2D eigenvalue weighted by molar-refractivity contribution is 0.0898. The molecule has 7 nitrogen and oxygen atoms in total. The van der Waals surface area contributed by atoms with Gasteiger partial charge < -0.3 is 20.1 Å². The highest BCUT2D eigenvalue weighted by molar-refractivity contribution is 5.90. The Morgan fingerprint density at radius 2 is 1.78 bits per heavy atom. The molecule has 0 radical (unpaired) electrons. The van der Waals surface area contributed by atoms with Crippen LogP contribution in [0.4, 0.5) is 4.79 Å². The van der Waals surface area contributed by atoms with Crippen LogP contribution < -0.4 is 5.32 Å². The van der Waals surface area contributed by atoms with Crippen LogP contribution in [0.15, 0.2) is 6.20 Å². The topological polar surface area (TPSA) is 81.3 Å². The molecule has 2 N–H and O–H groups in total. The standard InChI is InChI=1S/C16H25N5O2/c1-12-11-17-14(18-12)15(22)19-13-5-9-21(10-6-13)16(23)20-7-3-2-4-8-20/h11,13H,2-10H2,1H3,(H,17,18)(H,19,22). The van der Waals surface area contributed by atoms with E-state index in [0.29, 0.717) is 18.9 Å². The van der Waals surface area contributed by atoms with E-state index < -0.39 is 0 Å². The van der Waals surface area contributed by atoms with Crippen LogP contribution in [0.3, 0.4) is 0 Å². The molecule has 0 saturated carbocycles. The summed E-state index contributed by atoms with van der Waals surface area (Å²) in [5, 5.41) is 3.00. The minimum atomic E-state index is -0.168. The third kappa shape index (κ3) is 3.83. The molecule has 0 bridgehead atoms. The Bertz CT molecular complexity index is 557.